The highest BCUT2D eigenvalue weighted by molar-refractivity contribution is 7.13. The van der Waals surface area contributed by atoms with Crippen molar-refractivity contribution in [3.8, 4) is 10.4 Å². The molecule has 3 rings (SSSR count). The van der Waals surface area contributed by atoms with E-state index >= 15 is 0 Å². The number of thiazole rings is 1. The summed E-state index contributed by atoms with van der Waals surface area (Å²) >= 11 is 1.58. The van der Waals surface area contributed by atoms with Gasteiger partial charge in [-0.2, -0.15) is 0 Å². The van der Waals surface area contributed by atoms with E-state index in [2.05, 4.69) is 15.6 Å². The van der Waals surface area contributed by atoms with Gasteiger partial charge in [0.2, 0.25) is 11.8 Å². The van der Waals surface area contributed by atoms with Crippen LogP contribution < -0.4 is 10.6 Å². The molecule has 1 radical (unpaired) electrons. The molecule has 9 nitrogen and oxygen atoms in total. The Balaban J connectivity index is 1.64. The van der Waals surface area contributed by atoms with Crippen LogP contribution in [0, 0.1) is 12.3 Å². The maximum Gasteiger partial charge on any atom is 0.377 e. The lowest BCUT2D eigenvalue weighted by Gasteiger charge is -2.35. The summed E-state index contributed by atoms with van der Waals surface area (Å²) in [5.41, 5.74) is 4.12. The Labute approximate surface area is 209 Å². The number of likely N-dealkylation sites (tertiary alicyclic amines) is 1. The third kappa shape index (κ3) is 6.69. The van der Waals surface area contributed by atoms with Crippen LogP contribution in [0.3, 0.4) is 0 Å². The summed E-state index contributed by atoms with van der Waals surface area (Å²) < 4.78 is 0. The van der Waals surface area contributed by atoms with Crippen LogP contribution >= 0.6 is 11.3 Å². The fraction of sp³-hybridized carbons (Fsp3) is 0.458. The number of hydrogen-bond acceptors (Lipinski definition) is 6. The first-order valence-corrected chi connectivity index (χ1v) is 12.3. The van der Waals surface area contributed by atoms with Crippen LogP contribution in [0.1, 0.15) is 44.9 Å². The van der Waals surface area contributed by atoms with Gasteiger partial charge in [-0.15, -0.1) is 11.3 Å². The van der Waals surface area contributed by atoms with E-state index in [1.807, 2.05) is 36.7 Å². The number of carbonyl (C=O) groups is 4. The predicted octanol–water partition coefficient (Wildman–Crippen LogP) is 3.23. The van der Waals surface area contributed by atoms with E-state index < -0.39 is 35.1 Å². The summed E-state index contributed by atoms with van der Waals surface area (Å²) in [7, 11) is 0.488. The second-order valence-electron chi connectivity index (χ2n) is 9.66. The van der Waals surface area contributed by atoms with Gasteiger partial charge in [0.25, 0.3) is 5.87 Å². The molecule has 1 aliphatic rings. The number of benzene rings is 1. The van der Waals surface area contributed by atoms with Crippen molar-refractivity contribution in [3.63, 3.8) is 0 Å². The number of carboxylic acid groups (broad SMARTS) is 1. The van der Waals surface area contributed by atoms with Crippen molar-refractivity contribution in [1.82, 2.24) is 20.5 Å². The van der Waals surface area contributed by atoms with Crippen LogP contribution in [0.4, 0.5) is 9.59 Å². The van der Waals surface area contributed by atoms with E-state index in [-0.39, 0.29) is 5.91 Å². The molecule has 185 valence electrons. The third-order valence-corrected chi connectivity index (χ3v) is 6.90. The molecule has 1 aromatic heterocycles. The zero-order valence-electron chi connectivity index (χ0n) is 20.3. The van der Waals surface area contributed by atoms with Gasteiger partial charge in [-0.05, 0) is 36.3 Å². The Hall–Kier alpha value is -3.21. The number of nitrogens with one attached hydrogen (secondary N) is 2. The summed E-state index contributed by atoms with van der Waals surface area (Å²) in [6.45, 7) is 8.02. The van der Waals surface area contributed by atoms with Crippen LogP contribution in [0.2, 0.25) is 0 Å². The number of nitrogens with zero attached hydrogens (tertiary/aromatic N) is 2. The first kappa shape index (κ1) is 26.4. The van der Waals surface area contributed by atoms with E-state index in [0.29, 0.717) is 33.2 Å². The number of carbonyl (C=O) groups excluding carboxylic acids is 3. The Bertz CT molecular complexity index is 1100. The number of rotatable bonds is 8. The Morgan fingerprint density at radius 3 is 2.49 bits per heavy atom. The summed E-state index contributed by atoms with van der Waals surface area (Å²) in [6.07, 6.45) is 1.19. The normalized spacial score (nSPS) is 16.5. The quantitative estimate of drug-likeness (QED) is 0.481. The molecule has 2 heterocycles. The molecule has 0 aliphatic carbocycles. The summed E-state index contributed by atoms with van der Waals surface area (Å²) in [5, 5.41) is 14.2. The van der Waals surface area contributed by atoms with Crippen molar-refractivity contribution in [2.75, 3.05) is 6.54 Å². The molecule has 1 aliphatic heterocycles. The molecule has 0 spiro atoms. The monoisotopic (exact) mass is 497 g/mol. The van der Waals surface area contributed by atoms with E-state index in [1.165, 1.54) is 4.90 Å². The Morgan fingerprint density at radius 2 is 1.91 bits per heavy atom. The van der Waals surface area contributed by atoms with Crippen LogP contribution in [0.5, 0.6) is 0 Å². The zero-order valence-corrected chi connectivity index (χ0v) is 21.1. The van der Waals surface area contributed by atoms with Crippen LogP contribution in [-0.4, -0.2) is 64.4 Å². The predicted molar refractivity (Wildman–Crippen MR) is 134 cm³/mol. The molecular formula is C24H30BN4O5S. The molecule has 35 heavy (non-hydrogen) atoms. The van der Waals surface area contributed by atoms with Crippen molar-refractivity contribution < 1.29 is 24.3 Å². The van der Waals surface area contributed by atoms with Crippen LogP contribution in [0.25, 0.3) is 10.4 Å². The van der Waals surface area contributed by atoms with Gasteiger partial charge in [0.05, 0.1) is 16.1 Å². The molecule has 1 aromatic carbocycles. The standard InChI is InChI=1S/C24H30BN4O5S/c1-14-18(35-13-27-14)16-9-7-15(8-10-16)12-26-20(30)17-6-5-11-29(17)21(31)19(24(2,3)4)28-22(32)25-23(33)34/h7-10,13,17,19H,5-6,11-12H2,1-4H3,(H,26,30)(H,28,32)(H,33,34)/t17-,19?/m0/s1. The number of aryl methyl sites for hydroxylation is 1. The summed E-state index contributed by atoms with van der Waals surface area (Å²) in [4.78, 5) is 56.1. The third-order valence-electron chi connectivity index (χ3n) is 5.92. The minimum Gasteiger partial charge on any atom is -0.489 e. The average Bonchev–Trinajstić information content (AvgIpc) is 3.44. The molecule has 3 N–H and O–H groups in total. The van der Waals surface area contributed by atoms with Gasteiger partial charge in [-0.1, -0.05) is 45.0 Å². The second kappa shape index (κ2) is 11.0. The molecule has 2 atom stereocenters. The largest absolute Gasteiger partial charge is 0.489 e. The number of aromatic nitrogens is 1. The fourth-order valence-corrected chi connectivity index (χ4v) is 4.89. The van der Waals surface area contributed by atoms with Crippen molar-refractivity contribution in [2.24, 2.45) is 5.41 Å². The summed E-state index contributed by atoms with van der Waals surface area (Å²) in [5.74, 6) is -2.90. The highest BCUT2D eigenvalue weighted by Crippen LogP contribution is 2.28. The van der Waals surface area contributed by atoms with E-state index in [1.54, 1.807) is 32.1 Å². The highest BCUT2D eigenvalue weighted by atomic mass is 32.1. The fourth-order valence-electron chi connectivity index (χ4n) is 4.07. The molecule has 1 fully saturated rings. The molecule has 1 saturated heterocycles. The van der Waals surface area contributed by atoms with Crippen LogP contribution in [0.15, 0.2) is 29.8 Å². The number of hydrogen-bond donors (Lipinski definition) is 3. The first-order valence-electron chi connectivity index (χ1n) is 11.4. The van der Waals surface area contributed by atoms with Gasteiger partial charge < -0.3 is 20.6 Å². The Morgan fingerprint density at radius 1 is 1.23 bits per heavy atom. The lowest BCUT2D eigenvalue weighted by molar-refractivity contribution is -0.141. The lowest BCUT2D eigenvalue weighted by Crippen LogP contribution is -2.58. The van der Waals surface area contributed by atoms with Crippen molar-refractivity contribution in [2.45, 2.75) is 59.2 Å². The molecule has 0 bridgehead atoms. The topological polar surface area (TPSA) is 129 Å². The van der Waals surface area contributed by atoms with Gasteiger partial charge in [0, 0.05) is 13.1 Å². The first-order chi connectivity index (χ1) is 16.5. The van der Waals surface area contributed by atoms with Crippen molar-refractivity contribution in [3.05, 3.63) is 41.0 Å². The minimum atomic E-state index is -1.39. The van der Waals surface area contributed by atoms with Crippen LogP contribution in [-0.2, 0) is 16.1 Å². The maximum absolute atomic E-state index is 13.3. The molecule has 2 aromatic rings. The van der Waals surface area contributed by atoms with E-state index in [0.717, 1.165) is 21.7 Å². The average molecular weight is 497 g/mol. The lowest BCUT2D eigenvalue weighted by atomic mass is 9.76. The van der Waals surface area contributed by atoms with Gasteiger partial charge in [-0.3, -0.25) is 19.2 Å². The Kier molecular flexibility index (Phi) is 8.32. The molecule has 11 heteroatoms. The smallest absolute Gasteiger partial charge is 0.377 e. The van der Waals surface area contributed by atoms with Crippen molar-refractivity contribution in [1.29, 1.82) is 0 Å². The van der Waals surface area contributed by atoms with Gasteiger partial charge >= 0.3 is 7.28 Å². The van der Waals surface area contributed by atoms with Gasteiger partial charge in [0.15, 0.2) is 5.81 Å². The SMILES string of the molecule is Cc1ncsc1-c1ccc(CNC(=O)[C@@H]2CCCN2C(=O)C(NC(=O)[B]C(=O)O)C(C)(C)C)cc1. The van der Waals surface area contributed by atoms with Gasteiger partial charge in [0.1, 0.15) is 12.1 Å². The van der Waals surface area contributed by atoms with Gasteiger partial charge in [-0.25, -0.2) is 4.98 Å². The molecular weight excluding hydrogens is 467 g/mol. The minimum absolute atomic E-state index is 0.255. The molecule has 0 saturated carbocycles. The maximum atomic E-state index is 13.3. The van der Waals surface area contributed by atoms with Crippen molar-refractivity contribution >= 4 is 42.1 Å². The highest BCUT2D eigenvalue weighted by Gasteiger charge is 2.41. The molecule has 1 unspecified atom stereocenters. The number of amides is 3. The van der Waals surface area contributed by atoms with E-state index in [4.69, 9.17) is 5.11 Å². The second-order valence-corrected chi connectivity index (χ2v) is 10.5. The summed E-state index contributed by atoms with van der Waals surface area (Å²) in [6, 6.07) is 6.29. The molecule has 3 amide bonds. The van der Waals surface area contributed by atoms with E-state index in [9.17, 15) is 19.2 Å². The zero-order chi connectivity index (χ0) is 25.8.